The lowest BCUT2D eigenvalue weighted by molar-refractivity contribution is 0.0865. The SMILES string of the molecule is NC(=O)c1ccc(OCC(O)CCN2CCN(c3ccccn3)CC2)cc1. The highest BCUT2D eigenvalue weighted by Gasteiger charge is 2.18. The fourth-order valence-electron chi connectivity index (χ4n) is 3.06. The van der Waals surface area contributed by atoms with Crippen molar-refractivity contribution in [2.24, 2.45) is 5.73 Å². The molecule has 1 unspecified atom stereocenters. The van der Waals surface area contributed by atoms with Crippen LogP contribution in [0.5, 0.6) is 5.75 Å². The first-order chi connectivity index (χ1) is 13.1. The molecule has 0 aliphatic carbocycles. The van der Waals surface area contributed by atoms with Gasteiger partial charge in [0.2, 0.25) is 5.91 Å². The van der Waals surface area contributed by atoms with E-state index in [2.05, 4.69) is 14.8 Å². The van der Waals surface area contributed by atoms with Crippen molar-refractivity contribution >= 4 is 11.7 Å². The van der Waals surface area contributed by atoms with E-state index >= 15 is 0 Å². The van der Waals surface area contributed by atoms with E-state index in [1.54, 1.807) is 24.3 Å². The molecule has 1 aromatic heterocycles. The number of benzene rings is 1. The third-order valence-corrected chi connectivity index (χ3v) is 4.71. The summed E-state index contributed by atoms with van der Waals surface area (Å²) in [6.45, 7) is 4.86. The van der Waals surface area contributed by atoms with Crippen molar-refractivity contribution < 1.29 is 14.6 Å². The van der Waals surface area contributed by atoms with E-state index in [9.17, 15) is 9.90 Å². The largest absolute Gasteiger partial charge is 0.491 e. The van der Waals surface area contributed by atoms with Crippen LogP contribution in [0.3, 0.4) is 0 Å². The molecule has 1 atom stereocenters. The molecule has 2 heterocycles. The van der Waals surface area contributed by atoms with Crippen LogP contribution in [0.4, 0.5) is 5.82 Å². The molecule has 7 nitrogen and oxygen atoms in total. The Morgan fingerprint density at radius 2 is 1.89 bits per heavy atom. The van der Waals surface area contributed by atoms with Gasteiger partial charge >= 0.3 is 0 Å². The second-order valence-corrected chi connectivity index (χ2v) is 6.66. The molecule has 3 rings (SSSR count). The summed E-state index contributed by atoms with van der Waals surface area (Å²) in [6, 6.07) is 12.6. The number of hydrogen-bond donors (Lipinski definition) is 2. The van der Waals surface area contributed by atoms with Crippen LogP contribution in [0, 0.1) is 0 Å². The van der Waals surface area contributed by atoms with Gasteiger partial charge in [-0.25, -0.2) is 4.98 Å². The summed E-state index contributed by atoms with van der Waals surface area (Å²) in [7, 11) is 0. The number of nitrogens with two attached hydrogens (primary N) is 1. The van der Waals surface area contributed by atoms with Gasteiger partial charge in [0.25, 0.3) is 0 Å². The first-order valence-electron chi connectivity index (χ1n) is 9.21. The van der Waals surface area contributed by atoms with Crippen molar-refractivity contribution in [3.05, 3.63) is 54.2 Å². The molecule has 144 valence electrons. The number of carbonyl (C=O) groups excluding carboxylic acids is 1. The summed E-state index contributed by atoms with van der Waals surface area (Å²) >= 11 is 0. The Morgan fingerprint density at radius 3 is 2.52 bits per heavy atom. The van der Waals surface area contributed by atoms with Gasteiger partial charge in [0.05, 0.1) is 6.10 Å². The average Bonchev–Trinajstić information content (AvgIpc) is 2.72. The predicted octanol–water partition coefficient (Wildman–Crippen LogP) is 1.13. The molecule has 0 bridgehead atoms. The van der Waals surface area contributed by atoms with Crippen LogP contribution in [-0.4, -0.2) is 66.3 Å². The number of carbonyl (C=O) groups is 1. The number of aromatic nitrogens is 1. The predicted molar refractivity (Wildman–Crippen MR) is 104 cm³/mol. The summed E-state index contributed by atoms with van der Waals surface area (Å²) in [5.41, 5.74) is 5.64. The number of amides is 1. The van der Waals surface area contributed by atoms with Crippen molar-refractivity contribution in [3.63, 3.8) is 0 Å². The Labute approximate surface area is 159 Å². The van der Waals surface area contributed by atoms with Gasteiger partial charge in [-0.05, 0) is 42.8 Å². The van der Waals surface area contributed by atoms with Crippen LogP contribution in [0.15, 0.2) is 48.7 Å². The number of pyridine rings is 1. The van der Waals surface area contributed by atoms with Crippen LogP contribution in [0.1, 0.15) is 16.8 Å². The van der Waals surface area contributed by atoms with E-state index in [1.807, 2.05) is 24.4 Å². The molecular weight excluding hydrogens is 344 g/mol. The van der Waals surface area contributed by atoms with E-state index in [-0.39, 0.29) is 6.61 Å². The third-order valence-electron chi connectivity index (χ3n) is 4.71. The fourth-order valence-corrected chi connectivity index (χ4v) is 3.06. The number of rotatable bonds is 8. The molecule has 1 aromatic carbocycles. The van der Waals surface area contributed by atoms with Gasteiger partial charge in [-0.3, -0.25) is 9.69 Å². The molecule has 7 heteroatoms. The second-order valence-electron chi connectivity index (χ2n) is 6.66. The Kier molecular flexibility index (Phi) is 6.62. The molecule has 0 spiro atoms. The number of aliphatic hydroxyl groups is 1. The Bertz CT molecular complexity index is 716. The minimum absolute atomic E-state index is 0.226. The minimum atomic E-state index is -0.533. The molecular formula is C20H26N4O3. The highest BCUT2D eigenvalue weighted by molar-refractivity contribution is 5.92. The summed E-state index contributed by atoms with van der Waals surface area (Å²) in [6.07, 6.45) is 1.94. The van der Waals surface area contributed by atoms with Gasteiger partial charge in [0, 0.05) is 44.5 Å². The zero-order chi connectivity index (χ0) is 19.1. The molecule has 1 aliphatic heterocycles. The zero-order valence-electron chi connectivity index (χ0n) is 15.3. The van der Waals surface area contributed by atoms with Crippen molar-refractivity contribution in [2.45, 2.75) is 12.5 Å². The van der Waals surface area contributed by atoms with Crippen LogP contribution < -0.4 is 15.4 Å². The van der Waals surface area contributed by atoms with E-state index in [0.717, 1.165) is 38.5 Å². The van der Waals surface area contributed by atoms with Gasteiger partial charge in [0.15, 0.2) is 0 Å². The first-order valence-corrected chi connectivity index (χ1v) is 9.21. The second kappa shape index (κ2) is 9.34. The Morgan fingerprint density at radius 1 is 1.15 bits per heavy atom. The van der Waals surface area contributed by atoms with Gasteiger partial charge in [-0.1, -0.05) is 6.07 Å². The van der Waals surface area contributed by atoms with Gasteiger partial charge < -0.3 is 20.5 Å². The standard InChI is InChI=1S/C20H26N4O3/c21-20(26)16-4-6-18(7-5-16)27-15-17(25)8-10-23-11-13-24(14-12-23)19-3-1-2-9-22-19/h1-7,9,17,25H,8,10-15H2,(H2,21,26). The average molecular weight is 370 g/mol. The number of nitrogens with zero attached hydrogens (tertiary/aromatic N) is 3. The molecule has 0 saturated carbocycles. The van der Waals surface area contributed by atoms with E-state index in [4.69, 9.17) is 10.5 Å². The third kappa shape index (κ3) is 5.67. The van der Waals surface area contributed by atoms with Crippen LogP contribution >= 0.6 is 0 Å². The molecule has 1 amide bonds. The van der Waals surface area contributed by atoms with Crippen LogP contribution in [0.2, 0.25) is 0 Å². The lowest BCUT2D eigenvalue weighted by atomic mass is 10.2. The topological polar surface area (TPSA) is 91.9 Å². The van der Waals surface area contributed by atoms with E-state index < -0.39 is 12.0 Å². The normalized spacial score (nSPS) is 16.1. The number of aliphatic hydroxyl groups excluding tert-OH is 1. The summed E-state index contributed by atoms with van der Waals surface area (Å²) < 4.78 is 5.58. The van der Waals surface area contributed by atoms with Crippen LogP contribution in [-0.2, 0) is 0 Å². The molecule has 0 radical (unpaired) electrons. The maximum absolute atomic E-state index is 11.0. The van der Waals surface area contributed by atoms with E-state index in [1.165, 1.54) is 0 Å². The molecule has 1 aliphatic rings. The van der Waals surface area contributed by atoms with Crippen molar-refractivity contribution in [1.29, 1.82) is 0 Å². The van der Waals surface area contributed by atoms with Crippen molar-refractivity contribution in [1.82, 2.24) is 9.88 Å². The monoisotopic (exact) mass is 370 g/mol. The molecule has 3 N–H and O–H groups in total. The first kappa shape index (κ1) is 19.1. The molecule has 2 aromatic rings. The summed E-state index contributed by atoms with van der Waals surface area (Å²) in [4.78, 5) is 20.1. The zero-order valence-corrected chi connectivity index (χ0v) is 15.3. The maximum Gasteiger partial charge on any atom is 0.248 e. The van der Waals surface area contributed by atoms with Crippen LogP contribution in [0.25, 0.3) is 0 Å². The minimum Gasteiger partial charge on any atom is -0.491 e. The van der Waals surface area contributed by atoms with Crippen molar-refractivity contribution in [3.8, 4) is 5.75 Å². The van der Waals surface area contributed by atoms with Gasteiger partial charge in [0.1, 0.15) is 18.2 Å². The summed E-state index contributed by atoms with van der Waals surface area (Å²) in [5, 5.41) is 10.2. The lowest BCUT2D eigenvalue weighted by Crippen LogP contribution is -2.47. The molecule has 1 fully saturated rings. The number of piperazine rings is 1. The smallest absolute Gasteiger partial charge is 0.248 e. The number of hydrogen-bond acceptors (Lipinski definition) is 6. The molecule has 27 heavy (non-hydrogen) atoms. The lowest BCUT2D eigenvalue weighted by Gasteiger charge is -2.35. The summed E-state index contributed by atoms with van der Waals surface area (Å²) in [5.74, 6) is 1.17. The van der Waals surface area contributed by atoms with Gasteiger partial charge in [-0.2, -0.15) is 0 Å². The fraction of sp³-hybridized carbons (Fsp3) is 0.400. The highest BCUT2D eigenvalue weighted by Crippen LogP contribution is 2.14. The Hall–Kier alpha value is -2.64. The molecule has 1 saturated heterocycles. The number of anilines is 1. The van der Waals surface area contributed by atoms with Crippen molar-refractivity contribution in [2.75, 3.05) is 44.2 Å². The Balaban J connectivity index is 1.35. The van der Waals surface area contributed by atoms with Gasteiger partial charge in [-0.15, -0.1) is 0 Å². The van der Waals surface area contributed by atoms with E-state index in [0.29, 0.717) is 17.7 Å². The maximum atomic E-state index is 11.0. The quantitative estimate of drug-likeness (QED) is 0.724. The number of primary amides is 1. The number of ether oxygens (including phenoxy) is 1. The highest BCUT2D eigenvalue weighted by atomic mass is 16.5.